The Morgan fingerprint density at radius 1 is 1.30 bits per heavy atom. The summed E-state index contributed by atoms with van der Waals surface area (Å²) in [6, 6.07) is 2.49. The molecule has 20 heavy (non-hydrogen) atoms. The van der Waals surface area contributed by atoms with Crippen LogP contribution in [0.1, 0.15) is 13.8 Å². The van der Waals surface area contributed by atoms with Crippen LogP contribution in [-0.4, -0.2) is 56.3 Å². The van der Waals surface area contributed by atoms with Crippen LogP contribution in [0.25, 0.3) is 0 Å². The van der Waals surface area contributed by atoms with Gasteiger partial charge in [0.15, 0.2) is 5.82 Å². The number of aromatic nitrogens is 1. The van der Waals surface area contributed by atoms with Gasteiger partial charge in [0.1, 0.15) is 0 Å². The summed E-state index contributed by atoms with van der Waals surface area (Å²) < 4.78 is 40.0. The molecule has 0 saturated heterocycles. The second kappa shape index (κ2) is 7.10. The Bertz CT molecular complexity index is 532. The van der Waals surface area contributed by atoms with Gasteiger partial charge in [-0.3, -0.25) is 0 Å². The molecule has 0 aliphatic carbocycles. The van der Waals surface area contributed by atoms with Gasteiger partial charge in [-0.25, -0.2) is 17.8 Å². The Balaban J connectivity index is 3.07. The molecule has 1 rings (SSSR count). The lowest BCUT2D eigenvalue weighted by Gasteiger charge is -2.25. The van der Waals surface area contributed by atoms with Gasteiger partial charge in [0.2, 0.25) is 5.03 Å². The van der Waals surface area contributed by atoms with Crippen molar-refractivity contribution in [3.05, 3.63) is 24.1 Å². The topological polar surface area (TPSA) is 53.5 Å². The Hall–Kier alpha value is -1.05. The predicted octanol–water partition coefficient (Wildman–Crippen LogP) is 1.43. The number of pyridine rings is 1. The smallest absolute Gasteiger partial charge is 0.263 e. The van der Waals surface area contributed by atoms with Gasteiger partial charge >= 0.3 is 0 Å². The van der Waals surface area contributed by atoms with E-state index in [1.54, 1.807) is 0 Å². The quantitative estimate of drug-likeness (QED) is 0.764. The summed E-state index contributed by atoms with van der Waals surface area (Å²) in [7, 11) is -0.177. The van der Waals surface area contributed by atoms with E-state index in [9.17, 15) is 12.8 Å². The molecular weight excluding hydrogens is 281 g/mol. The monoisotopic (exact) mass is 303 g/mol. The zero-order chi connectivity index (χ0) is 15.3. The minimum Gasteiger partial charge on any atom is -0.308 e. The van der Waals surface area contributed by atoms with E-state index in [0.717, 1.165) is 6.07 Å². The standard InChI is InChI=1S/C13H22FN3O2S/c1-11(2)10-17(9-8-16(3)4)20(18,19)13-12(14)6-5-7-15-13/h5-7,11H,8-10H2,1-4H3. The van der Waals surface area contributed by atoms with Crippen LogP contribution in [0.4, 0.5) is 4.39 Å². The van der Waals surface area contributed by atoms with Crippen molar-refractivity contribution in [2.24, 2.45) is 5.92 Å². The lowest BCUT2D eigenvalue weighted by Crippen LogP contribution is -2.39. The molecule has 0 aliphatic rings. The van der Waals surface area contributed by atoms with E-state index in [4.69, 9.17) is 0 Å². The van der Waals surface area contributed by atoms with Gasteiger partial charge in [-0.05, 0) is 32.1 Å². The molecule has 1 heterocycles. The fourth-order valence-corrected chi connectivity index (χ4v) is 3.28. The van der Waals surface area contributed by atoms with Crippen molar-refractivity contribution in [3.8, 4) is 0 Å². The molecule has 0 amide bonds. The van der Waals surface area contributed by atoms with E-state index < -0.39 is 20.9 Å². The molecule has 0 saturated carbocycles. The van der Waals surface area contributed by atoms with Crippen LogP contribution < -0.4 is 0 Å². The second-order valence-electron chi connectivity index (χ2n) is 5.35. The van der Waals surface area contributed by atoms with Crippen molar-refractivity contribution in [1.82, 2.24) is 14.2 Å². The summed E-state index contributed by atoms with van der Waals surface area (Å²) in [6.45, 7) is 5.07. The number of hydrogen-bond donors (Lipinski definition) is 0. The van der Waals surface area contributed by atoms with Crippen molar-refractivity contribution >= 4 is 10.0 Å². The van der Waals surface area contributed by atoms with E-state index in [0.29, 0.717) is 19.6 Å². The Kier molecular flexibility index (Phi) is 6.04. The van der Waals surface area contributed by atoms with Gasteiger partial charge in [0.05, 0.1) is 0 Å². The van der Waals surface area contributed by atoms with Crippen LogP contribution in [0.3, 0.4) is 0 Å². The zero-order valence-electron chi connectivity index (χ0n) is 12.4. The third-order valence-corrected chi connectivity index (χ3v) is 4.47. The van der Waals surface area contributed by atoms with Crippen LogP contribution in [-0.2, 0) is 10.0 Å². The molecule has 1 aromatic rings. The first-order valence-electron chi connectivity index (χ1n) is 6.50. The molecule has 0 aliphatic heterocycles. The Morgan fingerprint density at radius 2 is 1.95 bits per heavy atom. The van der Waals surface area contributed by atoms with Gasteiger partial charge in [0, 0.05) is 25.8 Å². The average molecular weight is 303 g/mol. The van der Waals surface area contributed by atoms with E-state index in [1.165, 1.54) is 16.6 Å². The highest BCUT2D eigenvalue weighted by Gasteiger charge is 2.29. The van der Waals surface area contributed by atoms with Crippen molar-refractivity contribution in [2.75, 3.05) is 33.7 Å². The highest BCUT2D eigenvalue weighted by atomic mass is 32.2. The van der Waals surface area contributed by atoms with E-state index in [2.05, 4.69) is 4.98 Å². The van der Waals surface area contributed by atoms with Crippen molar-refractivity contribution in [1.29, 1.82) is 0 Å². The number of hydrogen-bond acceptors (Lipinski definition) is 4. The predicted molar refractivity (Wildman–Crippen MR) is 76.3 cm³/mol. The summed E-state index contributed by atoms with van der Waals surface area (Å²) in [4.78, 5) is 5.57. The number of sulfonamides is 1. The minimum atomic E-state index is -3.90. The largest absolute Gasteiger partial charge is 0.308 e. The average Bonchev–Trinajstić information content (AvgIpc) is 2.34. The molecule has 114 valence electrons. The van der Waals surface area contributed by atoms with Crippen LogP contribution in [0.15, 0.2) is 23.4 Å². The number of rotatable bonds is 7. The van der Waals surface area contributed by atoms with Crippen LogP contribution >= 0.6 is 0 Å². The van der Waals surface area contributed by atoms with Gasteiger partial charge in [-0.15, -0.1) is 0 Å². The fraction of sp³-hybridized carbons (Fsp3) is 0.615. The Labute approximate surface area is 120 Å². The first kappa shape index (κ1) is 17.0. The third-order valence-electron chi connectivity index (χ3n) is 2.67. The van der Waals surface area contributed by atoms with E-state index in [1.807, 2.05) is 32.8 Å². The van der Waals surface area contributed by atoms with Gasteiger partial charge in [-0.1, -0.05) is 13.8 Å². The van der Waals surface area contributed by atoms with Crippen LogP contribution in [0, 0.1) is 11.7 Å². The highest BCUT2D eigenvalue weighted by molar-refractivity contribution is 7.89. The van der Waals surface area contributed by atoms with E-state index >= 15 is 0 Å². The van der Waals surface area contributed by atoms with Crippen molar-refractivity contribution in [3.63, 3.8) is 0 Å². The molecule has 0 unspecified atom stereocenters. The molecule has 0 radical (unpaired) electrons. The maximum atomic E-state index is 13.7. The summed E-state index contributed by atoms with van der Waals surface area (Å²) in [5, 5.41) is -0.501. The molecule has 0 aromatic carbocycles. The lowest BCUT2D eigenvalue weighted by atomic mass is 10.2. The second-order valence-corrected chi connectivity index (χ2v) is 7.20. The first-order chi connectivity index (χ1) is 9.25. The molecule has 0 spiro atoms. The molecular formula is C13H22FN3O2S. The molecule has 0 fully saturated rings. The number of halogens is 1. The van der Waals surface area contributed by atoms with Gasteiger partial charge < -0.3 is 4.90 Å². The molecule has 0 atom stereocenters. The maximum Gasteiger partial charge on any atom is 0.263 e. The summed E-state index contributed by atoms with van der Waals surface area (Å²) in [5.41, 5.74) is 0. The maximum absolute atomic E-state index is 13.7. The van der Waals surface area contributed by atoms with Gasteiger partial charge in [-0.2, -0.15) is 4.31 Å². The highest BCUT2D eigenvalue weighted by Crippen LogP contribution is 2.17. The van der Waals surface area contributed by atoms with Gasteiger partial charge in [0.25, 0.3) is 10.0 Å². The first-order valence-corrected chi connectivity index (χ1v) is 7.94. The SMILES string of the molecule is CC(C)CN(CCN(C)C)S(=O)(=O)c1ncccc1F. The fourth-order valence-electron chi connectivity index (χ4n) is 1.71. The zero-order valence-corrected chi connectivity index (χ0v) is 13.2. The summed E-state index contributed by atoms with van der Waals surface area (Å²) in [6.07, 6.45) is 1.29. The molecule has 7 heteroatoms. The van der Waals surface area contributed by atoms with E-state index in [-0.39, 0.29) is 5.92 Å². The minimum absolute atomic E-state index is 0.152. The number of nitrogens with zero attached hydrogens (tertiary/aromatic N) is 3. The Morgan fingerprint density at radius 3 is 2.45 bits per heavy atom. The summed E-state index contributed by atoms with van der Waals surface area (Å²) in [5.74, 6) is -0.662. The molecule has 0 N–H and O–H groups in total. The van der Waals surface area contributed by atoms with Crippen molar-refractivity contribution in [2.45, 2.75) is 18.9 Å². The molecule has 0 bridgehead atoms. The normalized spacial score (nSPS) is 12.6. The van der Waals surface area contributed by atoms with Crippen LogP contribution in [0.2, 0.25) is 0 Å². The lowest BCUT2D eigenvalue weighted by molar-refractivity contribution is 0.311. The van der Waals surface area contributed by atoms with Crippen LogP contribution in [0.5, 0.6) is 0 Å². The molecule has 1 aromatic heterocycles. The number of likely N-dealkylation sites (N-methyl/N-ethyl adjacent to an activating group) is 1. The molecule has 5 nitrogen and oxygen atoms in total. The van der Waals surface area contributed by atoms with Crippen molar-refractivity contribution < 1.29 is 12.8 Å². The third kappa shape index (κ3) is 4.50. The summed E-state index contributed by atoms with van der Waals surface area (Å²) >= 11 is 0.